The number of carbonyl (C=O) groups excluding carboxylic acids is 1. The largest absolute Gasteiger partial charge is 0.337 e. The van der Waals surface area contributed by atoms with Gasteiger partial charge in [0.1, 0.15) is 0 Å². The molecule has 1 aromatic carbocycles. The summed E-state index contributed by atoms with van der Waals surface area (Å²) >= 11 is 0. The fourth-order valence-electron chi connectivity index (χ4n) is 5.07. The van der Waals surface area contributed by atoms with Gasteiger partial charge in [-0.25, -0.2) is 4.90 Å². The SMILES string of the molecule is CC1(C)C(=O)N(c2noc(C3CCN(C4CCNCC4)CC3)n2)c2ccccc21. The first-order valence-corrected chi connectivity index (χ1v) is 10.8. The van der Waals surface area contributed by atoms with Gasteiger partial charge in [-0.1, -0.05) is 18.2 Å². The van der Waals surface area contributed by atoms with Gasteiger partial charge in [0.15, 0.2) is 0 Å². The predicted molar refractivity (Wildman–Crippen MR) is 110 cm³/mol. The Morgan fingerprint density at radius 1 is 1.10 bits per heavy atom. The maximum atomic E-state index is 13.1. The molecule has 0 spiro atoms. The van der Waals surface area contributed by atoms with E-state index in [-0.39, 0.29) is 11.8 Å². The summed E-state index contributed by atoms with van der Waals surface area (Å²) < 4.78 is 5.65. The molecule has 0 bridgehead atoms. The van der Waals surface area contributed by atoms with E-state index in [4.69, 9.17) is 4.52 Å². The van der Waals surface area contributed by atoms with Crippen LogP contribution < -0.4 is 10.2 Å². The van der Waals surface area contributed by atoms with Gasteiger partial charge in [0, 0.05) is 12.0 Å². The second-order valence-corrected chi connectivity index (χ2v) is 9.01. The summed E-state index contributed by atoms with van der Waals surface area (Å²) in [6.45, 7) is 8.30. The maximum Gasteiger partial charge on any atom is 0.277 e. The van der Waals surface area contributed by atoms with Crippen molar-refractivity contribution >= 4 is 17.5 Å². The molecule has 29 heavy (non-hydrogen) atoms. The number of nitrogens with one attached hydrogen (secondary N) is 1. The van der Waals surface area contributed by atoms with Crippen LogP contribution in [0.25, 0.3) is 0 Å². The van der Waals surface area contributed by atoms with Crippen molar-refractivity contribution in [2.45, 2.75) is 56.9 Å². The van der Waals surface area contributed by atoms with Crippen LogP contribution in [0.4, 0.5) is 11.6 Å². The van der Waals surface area contributed by atoms with Crippen LogP contribution in [0, 0.1) is 0 Å². The number of fused-ring (bicyclic) bond motifs is 1. The molecule has 4 heterocycles. The van der Waals surface area contributed by atoms with Crippen LogP contribution in [0.2, 0.25) is 0 Å². The van der Waals surface area contributed by atoms with Gasteiger partial charge in [0.05, 0.1) is 11.1 Å². The van der Waals surface area contributed by atoms with E-state index in [2.05, 4.69) is 20.4 Å². The molecule has 3 aliphatic heterocycles. The molecule has 2 saturated heterocycles. The molecule has 0 aliphatic carbocycles. The molecule has 3 aliphatic rings. The minimum atomic E-state index is -0.586. The van der Waals surface area contributed by atoms with Crippen molar-refractivity contribution in [2.24, 2.45) is 0 Å². The molecule has 1 N–H and O–H groups in total. The molecular weight excluding hydrogens is 366 g/mol. The summed E-state index contributed by atoms with van der Waals surface area (Å²) in [5.41, 5.74) is 1.28. The number of hydrogen-bond donors (Lipinski definition) is 1. The zero-order valence-electron chi connectivity index (χ0n) is 17.2. The van der Waals surface area contributed by atoms with Crippen molar-refractivity contribution in [3.8, 4) is 0 Å². The Labute approximate surface area is 171 Å². The van der Waals surface area contributed by atoms with Crippen LogP contribution in [-0.2, 0) is 10.2 Å². The Bertz CT molecular complexity index is 894. The Hall–Kier alpha value is -2.25. The van der Waals surface area contributed by atoms with Gasteiger partial charge in [0.2, 0.25) is 11.8 Å². The van der Waals surface area contributed by atoms with E-state index in [1.54, 1.807) is 4.90 Å². The first-order valence-electron chi connectivity index (χ1n) is 10.8. The minimum Gasteiger partial charge on any atom is -0.337 e. The number of aromatic nitrogens is 2. The van der Waals surface area contributed by atoms with Gasteiger partial charge in [-0.3, -0.25) is 4.79 Å². The van der Waals surface area contributed by atoms with E-state index in [0.717, 1.165) is 50.3 Å². The van der Waals surface area contributed by atoms with E-state index in [9.17, 15) is 4.79 Å². The Morgan fingerprint density at radius 3 is 2.59 bits per heavy atom. The first kappa shape index (κ1) is 18.8. The highest BCUT2D eigenvalue weighted by Crippen LogP contribution is 2.44. The number of hydrogen-bond acceptors (Lipinski definition) is 6. The van der Waals surface area contributed by atoms with Crippen molar-refractivity contribution in [2.75, 3.05) is 31.1 Å². The van der Waals surface area contributed by atoms with Crippen LogP contribution in [0.5, 0.6) is 0 Å². The number of nitrogens with zero attached hydrogens (tertiary/aromatic N) is 4. The zero-order chi connectivity index (χ0) is 20.0. The molecule has 0 saturated carbocycles. The van der Waals surface area contributed by atoms with Crippen LogP contribution in [0.15, 0.2) is 28.8 Å². The van der Waals surface area contributed by atoms with Gasteiger partial charge in [-0.05, 0) is 82.5 Å². The third-order valence-electron chi connectivity index (χ3n) is 6.89. The molecule has 0 atom stereocenters. The molecule has 7 heteroatoms. The van der Waals surface area contributed by atoms with Gasteiger partial charge < -0.3 is 14.7 Å². The van der Waals surface area contributed by atoms with Crippen LogP contribution in [0.3, 0.4) is 0 Å². The fraction of sp³-hybridized carbons (Fsp3) is 0.591. The van der Waals surface area contributed by atoms with Crippen molar-refractivity contribution in [3.05, 3.63) is 35.7 Å². The number of para-hydroxylation sites is 1. The summed E-state index contributed by atoms with van der Waals surface area (Å²) in [4.78, 5) is 22.0. The molecule has 5 rings (SSSR count). The van der Waals surface area contributed by atoms with Crippen LogP contribution in [0.1, 0.15) is 56.9 Å². The number of amides is 1. The second-order valence-electron chi connectivity index (χ2n) is 9.01. The number of rotatable bonds is 3. The lowest BCUT2D eigenvalue weighted by Crippen LogP contribution is -2.46. The van der Waals surface area contributed by atoms with E-state index >= 15 is 0 Å². The van der Waals surface area contributed by atoms with Crippen molar-refractivity contribution in [3.63, 3.8) is 0 Å². The normalized spacial score (nSPS) is 23.5. The Morgan fingerprint density at radius 2 is 1.83 bits per heavy atom. The average Bonchev–Trinajstić information content (AvgIpc) is 3.31. The van der Waals surface area contributed by atoms with Gasteiger partial charge >= 0.3 is 0 Å². The molecule has 2 fully saturated rings. The number of benzene rings is 1. The zero-order valence-corrected chi connectivity index (χ0v) is 17.2. The summed E-state index contributed by atoms with van der Waals surface area (Å²) in [6.07, 6.45) is 4.53. The summed E-state index contributed by atoms with van der Waals surface area (Å²) in [5.74, 6) is 1.30. The van der Waals surface area contributed by atoms with Gasteiger partial charge in [-0.15, -0.1) is 0 Å². The lowest BCUT2D eigenvalue weighted by atomic mass is 9.86. The van der Waals surface area contributed by atoms with Crippen LogP contribution >= 0.6 is 0 Å². The number of carbonyl (C=O) groups is 1. The number of likely N-dealkylation sites (tertiary alicyclic amines) is 1. The monoisotopic (exact) mass is 395 g/mol. The fourth-order valence-corrected chi connectivity index (χ4v) is 5.07. The summed E-state index contributed by atoms with van der Waals surface area (Å²) in [6, 6.07) is 8.57. The summed E-state index contributed by atoms with van der Waals surface area (Å²) in [5, 5.41) is 7.64. The van der Waals surface area contributed by atoms with Crippen molar-refractivity contribution in [1.29, 1.82) is 0 Å². The van der Waals surface area contributed by atoms with E-state index in [1.165, 1.54) is 12.8 Å². The standard InChI is InChI=1S/C22H29N5O2/c1-22(2)17-5-3-4-6-18(17)27(20(22)28)21-24-19(29-25-21)15-9-13-26(14-10-15)16-7-11-23-12-8-16/h3-6,15-16,23H,7-14H2,1-2H3. The Kier molecular flexibility index (Phi) is 4.67. The van der Waals surface area contributed by atoms with E-state index in [0.29, 0.717) is 17.9 Å². The third kappa shape index (κ3) is 3.16. The average molecular weight is 396 g/mol. The smallest absolute Gasteiger partial charge is 0.277 e. The highest BCUT2D eigenvalue weighted by atomic mass is 16.5. The number of anilines is 2. The molecule has 0 radical (unpaired) electrons. The molecule has 1 amide bonds. The van der Waals surface area contributed by atoms with Gasteiger partial charge in [-0.2, -0.15) is 4.98 Å². The van der Waals surface area contributed by atoms with Crippen LogP contribution in [-0.4, -0.2) is 53.2 Å². The number of piperidine rings is 2. The Balaban J connectivity index is 1.31. The summed E-state index contributed by atoms with van der Waals surface area (Å²) in [7, 11) is 0. The van der Waals surface area contributed by atoms with Gasteiger partial charge in [0.25, 0.3) is 5.95 Å². The highest BCUT2D eigenvalue weighted by Gasteiger charge is 2.46. The predicted octanol–water partition coefficient (Wildman–Crippen LogP) is 2.96. The quantitative estimate of drug-likeness (QED) is 0.861. The minimum absolute atomic E-state index is 0.00761. The molecule has 154 valence electrons. The molecular formula is C22H29N5O2. The first-order chi connectivity index (χ1) is 14.1. The molecule has 2 aromatic rings. The molecule has 7 nitrogen and oxygen atoms in total. The topological polar surface area (TPSA) is 74.5 Å². The van der Waals surface area contributed by atoms with Crippen molar-refractivity contribution < 1.29 is 9.32 Å². The van der Waals surface area contributed by atoms with Crippen molar-refractivity contribution in [1.82, 2.24) is 20.4 Å². The third-order valence-corrected chi connectivity index (χ3v) is 6.89. The molecule has 0 unspecified atom stereocenters. The lowest BCUT2D eigenvalue weighted by molar-refractivity contribution is -0.121. The van der Waals surface area contributed by atoms with E-state index < -0.39 is 5.41 Å². The lowest BCUT2D eigenvalue weighted by Gasteiger charge is -2.38. The second kappa shape index (κ2) is 7.22. The maximum absolute atomic E-state index is 13.1. The van der Waals surface area contributed by atoms with E-state index in [1.807, 2.05) is 38.1 Å². The molecule has 1 aromatic heterocycles. The highest BCUT2D eigenvalue weighted by molar-refractivity contribution is 6.11.